The van der Waals surface area contributed by atoms with Gasteiger partial charge in [0, 0.05) is 11.1 Å². The van der Waals surface area contributed by atoms with Gasteiger partial charge in [0.25, 0.3) is 0 Å². The zero-order valence-electron chi connectivity index (χ0n) is 8.80. The second kappa shape index (κ2) is 4.67. The van der Waals surface area contributed by atoms with E-state index in [-0.39, 0.29) is 0 Å². The molecule has 0 saturated heterocycles. The number of methoxy groups -OCH3 is 1. The number of hydrogen-bond acceptors (Lipinski definition) is 7. The first kappa shape index (κ1) is 11.2. The minimum absolute atomic E-state index is 0.341. The summed E-state index contributed by atoms with van der Waals surface area (Å²) in [5.74, 6) is 0.841. The van der Waals surface area contributed by atoms with Crippen molar-refractivity contribution in [2.75, 3.05) is 12.8 Å². The van der Waals surface area contributed by atoms with E-state index in [1.807, 2.05) is 12.3 Å². The molecule has 2 rings (SSSR count). The Morgan fingerprint density at radius 3 is 2.88 bits per heavy atom. The van der Waals surface area contributed by atoms with E-state index in [2.05, 4.69) is 15.0 Å². The number of rotatable bonds is 3. The molecule has 2 aromatic heterocycles. The average Bonchev–Trinajstić information content (AvgIpc) is 2.64. The Bertz CT molecular complexity index is 500. The molecule has 0 aliphatic carbocycles. The summed E-state index contributed by atoms with van der Waals surface area (Å²) in [5, 5.41) is 2.67. The Balaban J connectivity index is 2.30. The van der Waals surface area contributed by atoms with E-state index in [1.54, 1.807) is 18.4 Å². The van der Waals surface area contributed by atoms with Crippen molar-refractivity contribution in [1.29, 1.82) is 0 Å². The fourth-order valence-electron chi connectivity index (χ4n) is 1.10. The molecule has 0 fully saturated rings. The normalized spacial score (nSPS) is 10.4. The van der Waals surface area contributed by atoms with Gasteiger partial charge in [0.2, 0.25) is 0 Å². The number of nitrogens with two attached hydrogens (primary N) is 1. The average molecular weight is 254 g/mol. The van der Waals surface area contributed by atoms with Crippen LogP contribution in [0.3, 0.4) is 0 Å². The van der Waals surface area contributed by atoms with Crippen LogP contribution >= 0.6 is 23.1 Å². The molecule has 0 aliphatic heterocycles. The monoisotopic (exact) mass is 254 g/mol. The fourth-order valence-corrected chi connectivity index (χ4v) is 2.93. The quantitative estimate of drug-likeness (QED) is 0.844. The highest BCUT2D eigenvalue weighted by atomic mass is 32.2. The molecule has 7 heteroatoms. The summed E-state index contributed by atoms with van der Waals surface area (Å²) in [6.07, 6.45) is 1.42. The summed E-state index contributed by atoms with van der Waals surface area (Å²) >= 11 is 2.99. The van der Waals surface area contributed by atoms with Crippen molar-refractivity contribution in [2.24, 2.45) is 0 Å². The minimum atomic E-state index is 0.341. The van der Waals surface area contributed by atoms with Gasteiger partial charge >= 0.3 is 0 Å². The van der Waals surface area contributed by atoms with Crippen LogP contribution in [0.2, 0.25) is 0 Å². The summed E-state index contributed by atoms with van der Waals surface area (Å²) in [7, 11) is 1.55. The molecule has 0 aliphatic rings. The van der Waals surface area contributed by atoms with Crippen molar-refractivity contribution >= 4 is 28.9 Å². The van der Waals surface area contributed by atoms with Crippen LogP contribution in [0, 0.1) is 6.92 Å². The first-order valence-corrected chi connectivity index (χ1v) is 6.14. The van der Waals surface area contributed by atoms with Gasteiger partial charge in [0.15, 0.2) is 20.9 Å². The zero-order valence-corrected chi connectivity index (χ0v) is 10.4. The molecule has 0 radical (unpaired) electrons. The molecular weight excluding hydrogens is 244 g/mol. The molecule has 0 amide bonds. The predicted molar refractivity (Wildman–Crippen MR) is 64.0 cm³/mol. The summed E-state index contributed by atoms with van der Waals surface area (Å²) in [4.78, 5) is 12.3. The van der Waals surface area contributed by atoms with Crippen LogP contribution in [0.15, 0.2) is 21.1 Å². The third-order valence-corrected chi connectivity index (χ3v) is 3.83. The van der Waals surface area contributed by atoms with Crippen LogP contribution in [-0.4, -0.2) is 22.1 Å². The van der Waals surface area contributed by atoms with Crippen LogP contribution in [0.4, 0.5) is 5.82 Å². The summed E-state index contributed by atoms with van der Waals surface area (Å²) in [6.45, 7) is 1.95. The number of ether oxygens (including phenoxy) is 1. The summed E-state index contributed by atoms with van der Waals surface area (Å²) < 4.78 is 6.07. The molecule has 84 valence electrons. The molecule has 2 aromatic rings. The summed E-state index contributed by atoms with van der Waals surface area (Å²) in [5.41, 5.74) is 6.68. The first-order valence-electron chi connectivity index (χ1n) is 4.45. The zero-order chi connectivity index (χ0) is 11.5. The Hall–Kier alpha value is -1.34. The van der Waals surface area contributed by atoms with Crippen molar-refractivity contribution < 1.29 is 4.74 Å². The van der Waals surface area contributed by atoms with Gasteiger partial charge in [0.1, 0.15) is 6.33 Å². The second-order valence-corrected chi connectivity index (χ2v) is 5.05. The van der Waals surface area contributed by atoms with E-state index < -0.39 is 0 Å². The van der Waals surface area contributed by atoms with E-state index in [4.69, 9.17) is 10.5 Å². The Kier molecular flexibility index (Phi) is 3.25. The van der Waals surface area contributed by atoms with Gasteiger partial charge in [-0.15, -0.1) is 11.3 Å². The van der Waals surface area contributed by atoms with Crippen LogP contribution < -0.4 is 10.5 Å². The van der Waals surface area contributed by atoms with Gasteiger partial charge < -0.3 is 10.5 Å². The van der Waals surface area contributed by atoms with E-state index in [9.17, 15) is 0 Å². The van der Waals surface area contributed by atoms with Crippen molar-refractivity contribution in [3.63, 3.8) is 0 Å². The van der Waals surface area contributed by atoms with Gasteiger partial charge in [-0.25, -0.2) is 15.0 Å². The van der Waals surface area contributed by atoms with Crippen LogP contribution in [0.25, 0.3) is 0 Å². The number of nitrogen functional groups attached to an aromatic ring is 1. The number of hydrogen-bond donors (Lipinski definition) is 1. The minimum Gasteiger partial charge on any atom is -0.490 e. The third kappa shape index (κ3) is 2.25. The molecule has 0 unspecified atom stereocenters. The highest BCUT2D eigenvalue weighted by Gasteiger charge is 2.12. The van der Waals surface area contributed by atoms with Crippen LogP contribution in [-0.2, 0) is 0 Å². The molecule has 0 bridgehead atoms. The van der Waals surface area contributed by atoms with Gasteiger partial charge in [-0.2, -0.15) is 0 Å². The molecule has 0 atom stereocenters. The van der Waals surface area contributed by atoms with E-state index in [0.29, 0.717) is 16.6 Å². The molecule has 16 heavy (non-hydrogen) atoms. The molecule has 0 aromatic carbocycles. The number of nitrogens with zero attached hydrogens (tertiary/aromatic N) is 3. The molecule has 0 saturated carbocycles. The van der Waals surface area contributed by atoms with E-state index in [1.165, 1.54) is 18.1 Å². The lowest BCUT2D eigenvalue weighted by Crippen LogP contribution is -1.98. The first-order chi connectivity index (χ1) is 7.70. The molecule has 5 nitrogen and oxygen atoms in total. The Morgan fingerprint density at radius 1 is 1.44 bits per heavy atom. The van der Waals surface area contributed by atoms with Crippen molar-refractivity contribution in [3.8, 4) is 5.75 Å². The molecule has 0 spiro atoms. The number of aryl methyl sites for hydroxylation is 1. The lowest BCUT2D eigenvalue weighted by atomic mass is 10.5. The number of thiazole rings is 1. The number of anilines is 1. The highest BCUT2D eigenvalue weighted by Crippen LogP contribution is 2.36. The van der Waals surface area contributed by atoms with Crippen molar-refractivity contribution in [1.82, 2.24) is 15.0 Å². The van der Waals surface area contributed by atoms with Gasteiger partial charge in [0.05, 0.1) is 7.11 Å². The lowest BCUT2D eigenvalue weighted by Gasteiger charge is -2.06. The lowest BCUT2D eigenvalue weighted by molar-refractivity contribution is 0.401. The van der Waals surface area contributed by atoms with Crippen LogP contribution in [0.5, 0.6) is 5.75 Å². The smallest absolute Gasteiger partial charge is 0.193 e. The Labute approximate surface area is 101 Å². The topological polar surface area (TPSA) is 73.9 Å². The molecule has 2 N–H and O–H groups in total. The Morgan fingerprint density at radius 2 is 2.25 bits per heavy atom. The van der Waals surface area contributed by atoms with E-state index in [0.717, 1.165) is 10.0 Å². The SMILES string of the molecule is COc1c(N)ncnc1Sc1nc(C)cs1. The molecular formula is C9H10N4OS2. The maximum absolute atomic E-state index is 5.68. The maximum atomic E-state index is 5.68. The predicted octanol–water partition coefficient (Wildman–Crippen LogP) is 1.98. The third-order valence-electron chi connectivity index (χ3n) is 1.78. The molecule has 2 heterocycles. The van der Waals surface area contributed by atoms with Crippen molar-refractivity contribution in [2.45, 2.75) is 16.3 Å². The largest absolute Gasteiger partial charge is 0.490 e. The van der Waals surface area contributed by atoms with Crippen LogP contribution in [0.1, 0.15) is 5.69 Å². The van der Waals surface area contributed by atoms with Crippen molar-refractivity contribution in [3.05, 3.63) is 17.4 Å². The summed E-state index contributed by atoms with van der Waals surface area (Å²) in [6, 6.07) is 0. The van der Waals surface area contributed by atoms with Gasteiger partial charge in [-0.1, -0.05) is 0 Å². The number of aromatic nitrogens is 3. The van der Waals surface area contributed by atoms with Gasteiger partial charge in [-0.05, 0) is 18.7 Å². The fraction of sp³-hybridized carbons (Fsp3) is 0.222. The second-order valence-electron chi connectivity index (χ2n) is 2.95. The maximum Gasteiger partial charge on any atom is 0.193 e. The van der Waals surface area contributed by atoms with Gasteiger partial charge in [-0.3, -0.25) is 0 Å². The highest BCUT2D eigenvalue weighted by molar-refractivity contribution is 8.01. The standard InChI is InChI=1S/C9H10N4OS2/c1-5-3-15-9(13-5)16-8-6(14-2)7(10)11-4-12-8/h3-4H,1-2H3,(H2,10,11,12). The van der Waals surface area contributed by atoms with E-state index >= 15 is 0 Å².